The van der Waals surface area contributed by atoms with E-state index in [0.717, 1.165) is 34.5 Å². The highest BCUT2D eigenvalue weighted by atomic mass is 16.6. The highest BCUT2D eigenvalue weighted by Crippen LogP contribution is 2.37. The Balaban J connectivity index is 1.81. The van der Waals surface area contributed by atoms with E-state index in [9.17, 15) is 0 Å². The average molecular weight is 488 g/mol. The van der Waals surface area contributed by atoms with Crippen LogP contribution in [-0.2, 0) is 4.74 Å². The van der Waals surface area contributed by atoms with Crippen molar-refractivity contribution in [1.29, 1.82) is 0 Å². The van der Waals surface area contributed by atoms with Gasteiger partial charge in [-0.3, -0.25) is 9.98 Å². The lowest BCUT2D eigenvalue weighted by Gasteiger charge is -2.19. The zero-order valence-electron chi connectivity index (χ0n) is 21.4. The van der Waals surface area contributed by atoms with Gasteiger partial charge in [0.2, 0.25) is 0 Å². The Hall–Kier alpha value is -4.00. The van der Waals surface area contributed by atoms with Crippen molar-refractivity contribution in [3.05, 3.63) is 89.4 Å². The Labute approximate surface area is 212 Å². The summed E-state index contributed by atoms with van der Waals surface area (Å²) in [6.07, 6.45) is 8.05. The molecule has 36 heavy (non-hydrogen) atoms. The number of para-hydroxylation sites is 2. The Kier molecular flexibility index (Phi) is 8.10. The third-order valence-corrected chi connectivity index (χ3v) is 6.35. The van der Waals surface area contributed by atoms with Crippen molar-refractivity contribution >= 4 is 17.7 Å². The van der Waals surface area contributed by atoms with Crippen molar-refractivity contribution < 1.29 is 18.3 Å². The Bertz CT molecular complexity index is 1270. The zero-order valence-corrected chi connectivity index (χ0v) is 21.4. The summed E-state index contributed by atoms with van der Waals surface area (Å²) in [5.41, 5.74) is 4.56. The van der Waals surface area contributed by atoms with Gasteiger partial charge in [0.15, 0.2) is 5.75 Å². The molecule has 0 amide bonds. The van der Waals surface area contributed by atoms with Crippen molar-refractivity contribution in [3.63, 3.8) is 0 Å². The van der Waals surface area contributed by atoms with Gasteiger partial charge in [-0.1, -0.05) is 26.0 Å². The molecule has 0 saturated carbocycles. The summed E-state index contributed by atoms with van der Waals surface area (Å²) < 4.78 is 22.5. The van der Waals surface area contributed by atoms with Gasteiger partial charge in [0.1, 0.15) is 11.6 Å². The van der Waals surface area contributed by atoms with Crippen molar-refractivity contribution in [3.8, 4) is 11.7 Å². The normalized spacial score (nSPS) is 18.6. The van der Waals surface area contributed by atoms with Crippen LogP contribution in [0.3, 0.4) is 0 Å². The summed E-state index contributed by atoms with van der Waals surface area (Å²) in [5.74, 6) is 2.75. The van der Waals surface area contributed by atoms with E-state index in [1.807, 2.05) is 43.5 Å². The number of methoxy groups -OCH3 is 1. The number of nitrogens with one attached hydrogen (secondary N) is 1. The highest BCUT2D eigenvalue weighted by molar-refractivity contribution is 6.12. The van der Waals surface area contributed by atoms with Gasteiger partial charge in [-0.2, -0.15) is 0 Å². The topological polar surface area (TPSA) is 81.5 Å². The largest absolute Gasteiger partial charge is 0.501 e. The second-order valence-corrected chi connectivity index (χ2v) is 8.78. The number of hydrogen-bond donors (Lipinski definition) is 1. The van der Waals surface area contributed by atoms with Crippen LogP contribution in [0.15, 0.2) is 103 Å². The molecule has 0 spiro atoms. The van der Waals surface area contributed by atoms with E-state index < -0.39 is 0 Å². The maximum Gasteiger partial charge on any atom is 0.289 e. The molecule has 0 radical (unpaired) electrons. The fourth-order valence-corrected chi connectivity index (χ4v) is 3.93. The molecule has 1 aliphatic heterocycles. The minimum atomic E-state index is 0.0152. The van der Waals surface area contributed by atoms with E-state index in [4.69, 9.17) is 28.3 Å². The van der Waals surface area contributed by atoms with E-state index in [0.29, 0.717) is 35.8 Å². The lowest BCUT2D eigenvalue weighted by atomic mass is 9.91. The molecule has 1 N–H and O–H groups in total. The smallest absolute Gasteiger partial charge is 0.289 e. The van der Waals surface area contributed by atoms with Gasteiger partial charge >= 0.3 is 0 Å². The van der Waals surface area contributed by atoms with Gasteiger partial charge in [-0.25, -0.2) is 0 Å². The third kappa shape index (κ3) is 5.62. The van der Waals surface area contributed by atoms with Crippen molar-refractivity contribution in [1.82, 2.24) is 0 Å². The number of aliphatic imine (C=N–C) groups is 2. The first-order chi connectivity index (χ1) is 17.5. The maximum atomic E-state index is 5.98. The van der Waals surface area contributed by atoms with Gasteiger partial charge in [0.25, 0.3) is 5.95 Å². The molecule has 7 heteroatoms. The number of nitrogens with zero attached hydrogens (tertiary/aromatic N) is 2. The van der Waals surface area contributed by atoms with E-state index in [1.165, 1.54) is 0 Å². The summed E-state index contributed by atoms with van der Waals surface area (Å²) >= 11 is 0. The highest BCUT2D eigenvalue weighted by Gasteiger charge is 2.28. The third-order valence-electron chi connectivity index (χ3n) is 6.35. The summed E-state index contributed by atoms with van der Waals surface area (Å²) in [4.78, 5) is 10.0. The van der Waals surface area contributed by atoms with Crippen LogP contribution in [0.1, 0.15) is 45.6 Å². The zero-order chi connectivity index (χ0) is 25.5. The minimum Gasteiger partial charge on any atom is -0.501 e. The lowest BCUT2D eigenvalue weighted by molar-refractivity contribution is 0.291. The molecule has 2 aromatic heterocycles. The number of anilines is 1. The van der Waals surface area contributed by atoms with Gasteiger partial charge in [0.05, 0.1) is 49.4 Å². The van der Waals surface area contributed by atoms with Crippen LogP contribution in [0.5, 0.6) is 11.7 Å². The molecule has 1 aliphatic rings. The first kappa shape index (κ1) is 25.1. The molecule has 3 heterocycles. The SMILES string of the molecule is CCC(C)C=NC1=C(C)C(c2ccoc2)CN=C(Nc2ccccc2Oc2ccco2)/C1=C(/C)OC. The molecular weight excluding hydrogens is 454 g/mol. The van der Waals surface area contributed by atoms with Crippen LogP contribution in [0.25, 0.3) is 0 Å². The molecule has 7 nitrogen and oxygen atoms in total. The standard InChI is InChI=1S/C29H33N3O4/c1-6-19(2)16-30-28-20(3)23(22-13-15-34-18-22)17-31-29(27(28)21(4)33-5)32-24-10-7-8-11-25(24)36-26-12-9-14-35-26/h7-16,18-19,23H,6,17H2,1-5H3,(H,31,32)/b27-21-,30-16?. The van der Waals surface area contributed by atoms with Crippen LogP contribution >= 0.6 is 0 Å². The minimum absolute atomic E-state index is 0.0152. The second-order valence-electron chi connectivity index (χ2n) is 8.78. The number of furan rings is 2. The van der Waals surface area contributed by atoms with E-state index in [-0.39, 0.29) is 5.92 Å². The Morgan fingerprint density at radius 1 is 1.22 bits per heavy atom. The number of hydrogen-bond acceptors (Lipinski definition) is 7. The van der Waals surface area contributed by atoms with Crippen LogP contribution in [0.2, 0.25) is 0 Å². The fraction of sp³-hybridized carbons (Fsp3) is 0.310. The molecule has 4 rings (SSSR count). The van der Waals surface area contributed by atoms with E-state index >= 15 is 0 Å². The molecule has 0 aliphatic carbocycles. The van der Waals surface area contributed by atoms with E-state index in [1.54, 1.807) is 38.0 Å². The fourth-order valence-electron chi connectivity index (χ4n) is 3.93. The predicted octanol–water partition coefficient (Wildman–Crippen LogP) is 7.58. The molecule has 0 fully saturated rings. The van der Waals surface area contributed by atoms with Crippen molar-refractivity contribution in [2.75, 3.05) is 19.0 Å². The average Bonchev–Trinajstić information content (AvgIpc) is 3.59. The number of ether oxygens (including phenoxy) is 2. The summed E-state index contributed by atoms with van der Waals surface area (Å²) in [7, 11) is 1.66. The number of amidine groups is 1. The Morgan fingerprint density at radius 3 is 2.75 bits per heavy atom. The summed E-state index contributed by atoms with van der Waals surface area (Å²) in [5, 5.41) is 3.50. The predicted molar refractivity (Wildman–Crippen MR) is 143 cm³/mol. The van der Waals surface area contributed by atoms with Gasteiger partial charge < -0.3 is 23.6 Å². The van der Waals surface area contributed by atoms with Crippen LogP contribution in [0.4, 0.5) is 5.69 Å². The molecule has 1 aromatic carbocycles. The van der Waals surface area contributed by atoms with Gasteiger partial charge in [0, 0.05) is 18.2 Å². The molecule has 2 atom stereocenters. The van der Waals surface area contributed by atoms with Crippen LogP contribution < -0.4 is 10.1 Å². The second kappa shape index (κ2) is 11.6. The lowest BCUT2D eigenvalue weighted by Crippen LogP contribution is -2.19. The summed E-state index contributed by atoms with van der Waals surface area (Å²) in [6.45, 7) is 8.88. The van der Waals surface area contributed by atoms with Crippen LogP contribution in [-0.4, -0.2) is 25.7 Å². The summed E-state index contributed by atoms with van der Waals surface area (Å²) in [6, 6.07) is 13.2. The van der Waals surface area contributed by atoms with Gasteiger partial charge in [-0.05, 0) is 61.6 Å². The Morgan fingerprint density at radius 2 is 2.06 bits per heavy atom. The quantitative estimate of drug-likeness (QED) is 0.261. The van der Waals surface area contributed by atoms with Gasteiger partial charge in [-0.15, -0.1) is 0 Å². The first-order valence-corrected chi connectivity index (χ1v) is 12.2. The van der Waals surface area contributed by atoms with E-state index in [2.05, 4.69) is 26.1 Å². The molecule has 3 aromatic rings. The van der Waals surface area contributed by atoms with Crippen molar-refractivity contribution in [2.45, 2.75) is 40.0 Å². The van der Waals surface area contributed by atoms with Crippen LogP contribution in [0, 0.1) is 5.92 Å². The molecule has 0 bridgehead atoms. The molecule has 2 unspecified atom stereocenters. The number of benzene rings is 1. The first-order valence-electron chi connectivity index (χ1n) is 12.2. The molecular formula is C29H33N3O4. The number of allylic oxidation sites excluding steroid dienone is 1. The molecule has 188 valence electrons. The number of rotatable bonds is 8. The maximum absolute atomic E-state index is 5.98. The molecule has 0 saturated heterocycles. The van der Waals surface area contributed by atoms with Crippen molar-refractivity contribution in [2.24, 2.45) is 15.9 Å². The monoisotopic (exact) mass is 487 g/mol.